The minimum atomic E-state index is -0.380. The Bertz CT molecular complexity index is 863. The van der Waals surface area contributed by atoms with Crippen LogP contribution in [0.4, 0.5) is 4.39 Å². The number of aromatic nitrogens is 2. The first-order valence-corrected chi connectivity index (χ1v) is 10.0. The molecule has 9 heteroatoms. The molecule has 0 unspecified atom stereocenters. The average molecular weight is 453 g/mol. The molecule has 0 saturated carbocycles. The predicted molar refractivity (Wildman–Crippen MR) is 104 cm³/mol. The van der Waals surface area contributed by atoms with Crippen molar-refractivity contribution in [2.45, 2.75) is 32.6 Å². The second-order valence-corrected chi connectivity index (χ2v) is 7.74. The lowest BCUT2D eigenvalue weighted by Crippen LogP contribution is -2.36. The monoisotopic (exact) mass is 452 g/mol. The zero-order valence-electron chi connectivity index (χ0n) is 15.6. The topological polar surface area (TPSA) is 91.8 Å². The number of halogens is 2. The normalized spacial score (nSPS) is 16.5. The number of rotatable bonds is 7. The maximum absolute atomic E-state index is 13.4. The van der Waals surface area contributed by atoms with E-state index in [0.717, 1.165) is 32.5 Å². The van der Waals surface area contributed by atoms with Crippen LogP contribution in [-0.2, 0) is 17.6 Å². The number of carbonyl (C=O) groups is 1. The van der Waals surface area contributed by atoms with E-state index < -0.39 is 0 Å². The number of carbonyl (C=O) groups excluding carboxylic acids is 1. The van der Waals surface area contributed by atoms with Gasteiger partial charge in [0.25, 0.3) is 0 Å². The molecular weight excluding hydrogens is 431 g/mol. The Labute approximate surface area is 170 Å². The van der Waals surface area contributed by atoms with E-state index in [1.807, 2.05) is 0 Å². The van der Waals surface area contributed by atoms with Crippen molar-refractivity contribution in [3.05, 3.63) is 45.4 Å². The molecule has 0 atom stereocenters. The predicted octanol–water partition coefficient (Wildman–Crippen LogP) is 3.24. The van der Waals surface area contributed by atoms with E-state index >= 15 is 0 Å². The van der Waals surface area contributed by atoms with Crippen molar-refractivity contribution in [1.82, 2.24) is 15.2 Å². The Morgan fingerprint density at radius 3 is 2.75 bits per heavy atom. The summed E-state index contributed by atoms with van der Waals surface area (Å²) in [7, 11) is 0. The van der Waals surface area contributed by atoms with Crippen LogP contribution in [0.1, 0.15) is 36.7 Å². The molecule has 1 fully saturated rings. The molecule has 1 N–H and O–H groups in total. The minimum absolute atomic E-state index is 0.00470. The van der Waals surface area contributed by atoms with Crippen molar-refractivity contribution in [1.29, 1.82) is 0 Å². The molecule has 0 bridgehead atoms. The lowest BCUT2D eigenvalue weighted by molar-refractivity contribution is -0.123. The van der Waals surface area contributed by atoms with Crippen LogP contribution in [0, 0.1) is 11.7 Å². The highest BCUT2D eigenvalue weighted by atomic mass is 79.9. The summed E-state index contributed by atoms with van der Waals surface area (Å²) < 4.78 is 18.5. The number of Topliss-reactive ketones (excluding diaryl/α,β-unsaturated/α-hetero) is 1. The van der Waals surface area contributed by atoms with Crippen molar-refractivity contribution in [2.75, 3.05) is 19.6 Å². The third-order valence-corrected chi connectivity index (χ3v) is 5.75. The molecule has 2 heterocycles. The first-order chi connectivity index (χ1) is 13.5. The standard InChI is InChI=1S/C19H22BrFN4O3/c1-2-25-7-5-13(6-8-25)18(26)11-17-19(24-28-23-17)16(22-27)10-12-3-4-15(21)14(20)9-12/h3-4,9,13,27H,2,5-8,10-11H2,1H3. The van der Waals surface area contributed by atoms with Gasteiger partial charge in [-0.15, -0.1) is 0 Å². The Hall–Kier alpha value is -2.13. The summed E-state index contributed by atoms with van der Waals surface area (Å²) in [5, 5.41) is 20.4. The summed E-state index contributed by atoms with van der Waals surface area (Å²) >= 11 is 3.14. The van der Waals surface area contributed by atoms with Crippen LogP contribution in [0.2, 0.25) is 0 Å². The summed E-state index contributed by atoms with van der Waals surface area (Å²) in [5.74, 6) is -0.292. The molecule has 3 rings (SSSR count). The van der Waals surface area contributed by atoms with E-state index in [9.17, 15) is 14.4 Å². The second kappa shape index (κ2) is 9.38. The smallest absolute Gasteiger partial charge is 0.156 e. The van der Waals surface area contributed by atoms with Gasteiger partial charge in [-0.1, -0.05) is 23.3 Å². The summed E-state index contributed by atoms with van der Waals surface area (Å²) in [5.41, 5.74) is 1.54. The molecule has 7 nitrogen and oxygen atoms in total. The number of hydrogen-bond acceptors (Lipinski definition) is 7. The first-order valence-electron chi connectivity index (χ1n) is 9.23. The molecule has 0 aliphatic carbocycles. The van der Waals surface area contributed by atoms with Crippen LogP contribution in [0.25, 0.3) is 0 Å². The molecule has 0 amide bonds. The van der Waals surface area contributed by atoms with Crippen LogP contribution in [0.5, 0.6) is 0 Å². The van der Waals surface area contributed by atoms with Crippen molar-refractivity contribution in [3.8, 4) is 0 Å². The van der Waals surface area contributed by atoms with Gasteiger partial charge in [-0.3, -0.25) is 4.79 Å². The van der Waals surface area contributed by atoms with Crippen molar-refractivity contribution in [2.24, 2.45) is 11.1 Å². The number of ketones is 1. The number of likely N-dealkylation sites (tertiary alicyclic amines) is 1. The van der Waals surface area contributed by atoms with E-state index in [1.165, 1.54) is 6.07 Å². The van der Waals surface area contributed by atoms with Crippen molar-refractivity contribution < 1.29 is 19.0 Å². The Morgan fingerprint density at radius 2 is 2.11 bits per heavy atom. The van der Waals surface area contributed by atoms with Gasteiger partial charge >= 0.3 is 0 Å². The van der Waals surface area contributed by atoms with Crippen LogP contribution in [-0.4, -0.2) is 51.5 Å². The van der Waals surface area contributed by atoms with E-state index in [-0.39, 0.29) is 41.8 Å². The van der Waals surface area contributed by atoms with Gasteiger partial charge in [-0.25, -0.2) is 9.02 Å². The molecule has 1 aliphatic rings. The second-order valence-electron chi connectivity index (χ2n) is 6.88. The molecule has 1 aromatic heterocycles. The van der Waals surface area contributed by atoms with Gasteiger partial charge in [0, 0.05) is 12.3 Å². The SMILES string of the molecule is CCN1CCC(C(=O)Cc2nonc2C(Cc2ccc(F)c(Br)c2)=NO)CC1. The fraction of sp³-hybridized carbons (Fsp3) is 0.474. The number of hydrogen-bond donors (Lipinski definition) is 1. The summed E-state index contributed by atoms with van der Waals surface area (Å²) in [6.07, 6.45) is 1.94. The Kier molecular flexibility index (Phi) is 6.90. The fourth-order valence-corrected chi connectivity index (χ4v) is 3.86. The van der Waals surface area contributed by atoms with Crippen LogP contribution >= 0.6 is 15.9 Å². The lowest BCUT2D eigenvalue weighted by Gasteiger charge is -2.30. The maximum Gasteiger partial charge on any atom is 0.156 e. The van der Waals surface area contributed by atoms with Crippen LogP contribution in [0.3, 0.4) is 0 Å². The Balaban J connectivity index is 1.69. The highest BCUT2D eigenvalue weighted by Crippen LogP contribution is 2.22. The molecule has 1 saturated heterocycles. The van der Waals surface area contributed by atoms with E-state index in [1.54, 1.807) is 12.1 Å². The largest absolute Gasteiger partial charge is 0.411 e. The van der Waals surface area contributed by atoms with Gasteiger partial charge < -0.3 is 10.1 Å². The molecule has 28 heavy (non-hydrogen) atoms. The molecular formula is C19H22BrFN4O3. The van der Waals surface area contributed by atoms with Gasteiger partial charge in [0.15, 0.2) is 5.69 Å². The fourth-order valence-electron chi connectivity index (χ4n) is 3.43. The molecule has 0 radical (unpaired) electrons. The third-order valence-electron chi connectivity index (χ3n) is 5.14. The first kappa shape index (κ1) is 20.6. The third kappa shape index (κ3) is 4.82. The highest BCUT2D eigenvalue weighted by Gasteiger charge is 2.27. The maximum atomic E-state index is 13.4. The van der Waals surface area contributed by atoms with Crippen molar-refractivity contribution >= 4 is 27.4 Å². The van der Waals surface area contributed by atoms with Gasteiger partial charge in [-0.2, -0.15) is 0 Å². The number of oxime groups is 1. The average Bonchev–Trinajstić information content (AvgIpc) is 3.16. The highest BCUT2D eigenvalue weighted by molar-refractivity contribution is 9.10. The summed E-state index contributed by atoms with van der Waals surface area (Å²) in [6, 6.07) is 4.51. The van der Waals surface area contributed by atoms with Crippen LogP contribution in [0.15, 0.2) is 32.5 Å². The molecule has 2 aromatic rings. The minimum Gasteiger partial charge on any atom is -0.411 e. The number of benzene rings is 1. The zero-order valence-corrected chi connectivity index (χ0v) is 17.2. The zero-order chi connectivity index (χ0) is 20.1. The van der Waals surface area contributed by atoms with Gasteiger partial charge in [0.2, 0.25) is 0 Å². The van der Waals surface area contributed by atoms with Crippen LogP contribution < -0.4 is 0 Å². The van der Waals surface area contributed by atoms with Gasteiger partial charge in [0.05, 0.1) is 10.9 Å². The molecule has 150 valence electrons. The number of piperidine rings is 1. The van der Waals surface area contributed by atoms with E-state index in [2.05, 4.69) is 43.2 Å². The summed E-state index contributed by atoms with van der Waals surface area (Å²) in [4.78, 5) is 15.0. The lowest BCUT2D eigenvalue weighted by atomic mass is 9.89. The van der Waals surface area contributed by atoms with E-state index in [4.69, 9.17) is 4.63 Å². The number of nitrogens with zero attached hydrogens (tertiary/aromatic N) is 4. The Morgan fingerprint density at radius 1 is 1.36 bits per heavy atom. The summed E-state index contributed by atoms with van der Waals surface area (Å²) in [6.45, 7) is 4.94. The molecule has 1 aromatic carbocycles. The quantitative estimate of drug-likeness (QED) is 0.393. The van der Waals surface area contributed by atoms with E-state index in [0.29, 0.717) is 15.7 Å². The molecule has 1 aliphatic heterocycles. The van der Waals surface area contributed by atoms with Gasteiger partial charge in [-0.05, 0) is 71.3 Å². The molecule has 0 spiro atoms. The van der Waals surface area contributed by atoms with Crippen molar-refractivity contribution in [3.63, 3.8) is 0 Å². The van der Waals surface area contributed by atoms with Gasteiger partial charge in [0.1, 0.15) is 23.0 Å².